The van der Waals surface area contributed by atoms with Gasteiger partial charge in [0.1, 0.15) is 0 Å². The number of hydrogen-bond acceptors (Lipinski definition) is 2. The molecule has 5 aromatic rings. The monoisotopic (exact) mass is 423 g/mol. The molecular weight excluding hydrogens is 402 g/mol. The van der Waals surface area contributed by atoms with Crippen molar-refractivity contribution in [2.24, 2.45) is 0 Å². The van der Waals surface area contributed by atoms with E-state index in [1.807, 2.05) is 91.9 Å². The summed E-state index contributed by atoms with van der Waals surface area (Å²) in [6.45, 7) is 6.28. The van der Waals surface area contributed by atoms with E-state index in [1.165, 1.54) is 3.97 Å². The van der Waals surface area contributed by atoms with Crippen molar-refractivity contribution in [1.29, 1.82) is 0 Å². The van der Waals surface area contributed by atoms with Crippen LogP contribution in [-0.4, -0.2) is 12.4 Å². The highest BCUT2D eigenvalue weighted by Crippen LogP contribution is 2.38. The zero-order valence-electron chi connectivity index (χ0n) is 17.1. The van der Waals surface area contributed by atoms with Gasteiger partial charge < -0.3 is 0 Å². The number of fused-ring (bicyclic) bond motifs is 3. The third kappa shape index (κ3) is 3.07. The van der Waals surface area contributed by atoms with Crippen molar-refractivity contribution in [2.75, 3.05) is 0 Å². The Balaban J connectivity index is 1.85. The van der Waals surface area contributed by atoms with Gasteiger partial charge in [0, 0.05) is 10.8 Å². The average Bonchev–Trinajstić information content (AvgIpc) is 3.15. The Hall–Kier alpha value is -3.63. The molecule has 0 spiro atoms. The van der Waals surface area contributed by atoms with E-state index in [9.17, 15) is 8.42 Å². The Bertz CT molecular complexity index is 1540. The van der Waals surface area contributed by atoms with Gasteiger partial charge in [-0.25, -0.2) is 12.4 Å². The molecule has 0 aliphatic rings. The molecule has 0 unspecified atom stereocenters. The third-order valence-corrected chi connectivity index (χ3v) is 7.40. The Labute approximate surface area is 181 Å². The zero-order chi connectivity index (χ0) is 21.6. The maximum atomic E-state index is 13.7. The number of rotatable bonds is 4. The Morgan fingerprint density at radius 3 is 2.13 bits per heavy atom. The van der Waals surface area contributed by atoms with Crippen molar-refractivity contribution in [3.05, 3.63) is 120 Å². The highest BCUT2D eigenvalue weighted by Gasteiger charge is 2.24. The predicted octanol–water partition coefficient (Wildman–Crippen LogP) is 6.40. The van der Waals surface area contributed by atoms with Crippen LogP contribution in [0.3, 0.4) is 0 Å². The lowest BCUT2D eigenvalue weighted by Gasteiger charge is -2.11. The van der Waals surface area contributed by atoms with E-state index in [-0.39, 0.29) is 4.90 Å². The second kappa shape index (κ2) is 7.25. The fraction of sp³-hybridized carbons (Fsp3) is 0.0370. The first-order valence-electron chi connectivity index (χ1n) is 10.1. The van der Waals surface area contributed by atoms with Crippen LogP contribution in [0.15, 0.2) is 109 Å². The van der Waals surface area contributed by atoms with Gasteiger partial charge in [-0.1, -0.05) is 84.9 Å². The summed E-state index contributed by atoms with van der Waals surface area (Å²) in [5.74, 6) is 0. The van der Waals surface area contributed by atoms with E-state index in [1.54, 1.807) is 12.1 Å². The molecule has 0 amide bonds. The maximum Gasteiger partial charge on any atom is 0.268 e. The third-order valence-electron chi connectivity index (χ3n) is 5.66. The minimum Gasteiger partial charge on any atom is -0.233 e. The minimum absolute atomic E-state index is 0.271. The van der Waals surface area contributed by atoms with Crippen molar-refractivity contribution < 1.29 is 8.42 Å². The molecule has 5 rings (SSSR count). The van der Waals surface area contributed by atoms with Gasteiger partial charge in [0.05, 0.1) is 15.9 Å². The van der Waals surface area contributed by atoms with Gasteiger partial charge in [-0.2, -0.15) is 0 Å². The van der Waals surface area contributed by atoms with E-state index < -0.39 is 10.0 Å². The summed E-state index contributed by atoms with van der Waals surface area (Å²) in [5.41, 5.74) is 5.12. The standard InChI is InChI=1S/C27H21NO2S/c1-19-15-17-22(18-16-19)31(29,30)28-25-13-7-6-11-24(25)27-23(12-8-14-26(27)28)20(2)21-9-4-3-5-10-21/h3-18H,2H2,1H3. The number of aryl methyl sites for hydroxylation is 1. The molecule has 0 atom stereocenters. The molecule has 0 N–H and O–H groups in total. The van der Waals surface area contributed by atoms with Crippen molar-refractivity contribution in [3.8, 4) is 0 Å². The maximum absolute atomic E-state index is 13.7. The van der Waals surface area contributed by atoms with E-state index in [4.69, 9.17) is 0 Å². The van der Waals surface area contributed by atoms with Gasteiger partial charge in [-0.3, -0.25) is 0 Å². The van der Waals surface area contributed by atoms with Crippen LogP contribution >= 0.6 is 0 Å². The van der Waals surface area contributed by atoms with Crippen LogP contribution in [-0.2, 0) is 10.0 Å². The first-order valence-corrected chi connectivity index (χ1v) is 11.5. The highest BCUT2D eigenvalue weighted by molar-refractivity contribution is 7.90. The molecule has 152 valence electrons. The largest absolute Gasteiger partial charge is 0.268 e. The number of para-hydroxylation sites is 1. The first-order chi connectivity index (χ1) is 15.0. The van der Waals surface area contributed by atoms with Crippen molar-refractivity contribution in [3.63, 3.8) is 0 Å². The summed E-state index contributed by atoms with van der Waals surface area (Å²) < 4.78 is 28.9. The molecule has 4 heteroatoms. The summed E-state index contributed by atoms with van der Waals surface area (Å²) in [7, 11) is -3.79. The molecular formula is C27H21NO2S. The fourth-order valence-electron chi connectivity index (χ4n) is 4.11. The minimum atomic E-state index is -3.79. The van der Waals surface area contributed by atoms with Crippen LogP contribution in [0.25, 0.3) is 27.4 Å². The number of hydrogen-bond donors (Lipinski definition) is 0. The predicted molar refractivity (Wildman–Crippen MR) is 128 cm³/mol. The molecule has 0 aliphatic heterocycles. The lowest BCUT2D eigenvalue weighted by Crippen LogP contribution is -2.12. The summed E-state index contributed by atoms with van der Waals surface area (Å²) in [4.78, 5) is 0.271. The van der Waals surface area contributed by atoms with Crippen LogP contribution in [0.5, 0.6) is 0 Å². The SMILES string of the molecule is C=C(c1ccccc1)c1cccc2c1c1ccccc1n2S(=O)(=O)c1ccc(C)cc1. The van der Waals surface area contributed by atoms with Gasteiger partial charge >= 0.3 is 0 Å². The summed E-state index contributed by atoms with van der Waals surface area (Å²) in [5, 5.41) is 1.78. The molecule has 0 radical (unpaired) electrons. The van der Waals surface area contributed by atoms with Crippen LogP contribution < -0.4 is 0 Å². The Morgan fingerprint density at radius 1 is 0.742 bits per heavy atom. The van der Waals surface area contributed by atoms with Crippen molar-refractivity contribution in [1.82, 2.24) is 3.97 Å². The van der Waals surface area contributed by atoms with E-state index in [0.29, 0.717) is 11.0 Å². The molecule has 0 aliphatic carbocycles. The molecule has 0 saturated carbocycles. The average molecular weight is 424 g/mol. The summed E-state index contributed by atoms with van der Waals surface area (Å²) in [6.07, 6.45) is 0. The van der Waals surface area contributed by atoms with Gasteiger partial charge in [-0.15, -0.1) is 0 Å². The van der Waals surface area contributed by atoms with Crippen LogP contribution in [0.4, 0.5) is 0 Å². The lowest BCUT2D eigenvalue weighted by atomic mass is 9.95. The molecule has 3 nitrogen and oxygen atoms in total. The fourth-order valence-corrected chi connectivity index (χ4v) is 5.63. The normalized spacial score (nSPS) is 11.8. The van der Waals surface area contributed by atoms with E-state index >= 15 is 0 Å². The summed E-state index contributed by atoms with van der Waals surface area (Å²) >= 11 is 0. The number of benzene rings is 4. The number of nitrogens with zero attached hydrogens (tertiary/aromatic N) is 1. The Morgan fingerprint density at radius 2 is 1.39 bits per heavy atom. The smallest absolute Gasteiger partial charge is 0.233 e. The second-order valence-corrected chi connectivity index (χ2v) is 9.43. The molecule has 1 aromatic heterocycles. The van der Waals surface area contributed by atoms with E-state index in [2.05, 4.69) is 6.58 Å². The van der Waals surface area contributed by atoms with Crippen LogP contribution in [0, 0.1) is 6.92 Å². The molecule has 0 bridgehead atoms. The highest BCUT2D eigenvalue weighted by atomic mass is 32.2. The van der Waals surface area contributed by atoms with Gasteiger partial charge in [0.25, 0.3) is 10.0 Å². The van der Waals surface area contributed by atoms with Crippen LogP contribution in [0.2, 0.25) is 0 Å². The zero-order valence-corrected chi connectivity index (χ0v) is 17.9. The number of aromatic nitrogens is 1. The quantitative estimate of drug-likeness (QED) is 0.335. The molecule has 31 heavy (non-hydrogen) atoms. The molecule has 1 heterocycles. The lowest BCUT2D eigenvalue weighted by molar-refractivity contribution is 0.590. The molecule has 0 saturated heterocycles. The van der Waals surface area contributed by atoms with Crippen molar-refractivity contribution in [2.45, 2.75) is 11.8 Å². The van der Waals surface area contributed by atoms with E-state index in [0.717, 1.165) is 33.0 Å². The van der Waals surface area contributed by atoms with Gasteiger partial charge in [-0.05, 0) is 47.9 Å². The van der Waals surface area contributed by atoms with Gasteiger partial charge in [0.2, 0.25) is 0 Å². The first kappa shape index (κ1) is 19.3. The van der Waals surface area contributed by atoms with Crippen molar-refractivity contribution >= 4 is 37.4 Å². The van der Waals surface area contributed by atoms with Gasteiger partial charge in [0.15, 0.2) is 0 Å². The summed E-state index contributed by atoms with van der Waals surface area (Å²) in [6, 6.07) is 30.3. The molecule has 4 aromatic carbocycles. The van der Waals surface area contributed by atoms with Crippen LogP contribution in [0.1, 0.15) is 16.7 Å². The topological polar surface area (TPSA) is 39.1 Å². The Kier molecular flexibility index (Phi) is 4.53. The second-order valence-electron chi connectivity index (χ2n) is 7.64. The molecule has 0 fully saturated rings.